The van der Waals surface area contributed by atoms with Crippen LogP contribution in [0.25, 0.3) is 0 Å². The lowest BCUT2D eigenvalue weighted by Crippen LogP contribution is -2.03. The molecule has 5 heteroatoms. The summed E-state index contributed by atoms with van der Waals surface area (Å²) < 4.78 is 12.8. The fourth-order valence-electron chi connectivity index (χ4n) is 1.45. The molecule has 0 aliphatic rings. The Kier molecular flexibility index (Phi) is 3.53. The molecule has 0 saturated carbocycles. The van der Waals surface area contributed by atoms with Crippen LogP contribution < -0.4 is 5.73 Å². The summed E-state index contributed by atoms with van der Waals surface area (Å²) in [5.41, 5.74) is 6.08. The molecule has 0 aromatic heterocycles. The molecule has 0 spiro atoms. The summed E-state index contributed by atoms with van der Waals surface area (Å²) in [5.74, 6) is -1.37. The van der Waals surface area contributed by atoms with Crippen LogP contribution in [0.3, 0.4) is 0 Å². The lowest BCUT2D eigenvalue weighted by molar-refractivity contribution is 0.0698. The summed E-state index contributed by atoms with van der Waals surface area (Å²) >= 11 is 1.30. The molecule has 0 aliphatic heterocycles. The summed E-state index contributed by atoms with van der Waals surface area (Å²) in [4.78, 5) is 12.4. The third kappa shape index (κ3) is 2.62. The van der Waals surface area contributed by atoms with E-state index in [0.29, 0.717) is 4.90 Å². The lowest BCUT2D eigenvalue weighted by atomic mass is 10.2. The average molecular weight is 263 g/mol. The van der Waals surface area contributed by atoms with Gasteiger partial charge in [0.2, 0.25) is 0 Å². The highest BCUT2D eigenvalue weighted by Crippen LogP contribution is 2.33. The van der Waals surface area contributed by atoms with Crippen molar-refractivity contribution < 1.29 is 14.3 Å². The number of benzene rings is 2. The summed E-state index contributed by atoms with van der Waals surface area (Å²) in [6, 6.07) is 10.7. The van der Waals surface area contributed by atoms with E-state index in [0.717, 1.165) is 4.90 Å². The number of nitrogen functional groups attached to an aromatic ring is 1. The molecule has 0 radical (unpaired) electrons. The van der Waals surface area contributed by atoms with Gasteiger partial charge in [0.25, 0.3) is 0 Å². The molecule has 0 unspecified atom stereocenters. The van der Waals surface area contributed by atoms with Crippen LogP contribution in [0.2, 0.25) is 0 Å². The zero-order valence-electron chi connectivity index (χ0n) is 9.26. The van der Waals surface area contributed by atoms with Crippen LogP contribution >= 0.6 is 11.8 Å². The number of hydrogen-bond donors (Lipinski definition) is 2. The number of nitrogens with two attached hydrogens (primary N) is 1. The monoisotopic (exact) mass is 263 g/mol. The van der Waals surface area contributed by atoms with Gasteiger partial charge in [-0.3, -0.25) is 0 Å². The maximum Gasteiger partial charge on any atom is 0.337 e. The van der Waals surface area contributed by atoms with E-state index in [9.17, 15) is 9.18 Å². The van der Waals surface area contributed by atoms with Crippen molar-refractivity contribution in [2.24, 2.45) is 0 Å². The number of aromatic carboxylic acids is 1. The van der Waals surface area contributed by atoms with Crippen molar-refractivity contribution in [3.63, 3.8) is 0 Å². The Balaban J connectivity index is 2.32. The molecule has 92 valence electrons. The first-order chi connectivity index (χ1) is 8.58. The highest BCUT2D eigenvalue weighted by atomic mass is 32.2. The fourth-order valence-corrected chi connectivity index (χ4v) is 2.34. The quantitative estimate of drug-likeness (QED) is 0.834. The van der Waals surface area contributed by atoms with E-state index in [1.165, 1.54) is 30.0 Å². The number of para-hydroxylation sites is 1. The SMILES string of the molecule is Nc1c(Sc2ccc(F)cc2)cccc1C(=O)O. The van der Waals surface area contributed by atoms with Crippen LogP contribution in [-0.4, -0.2) is 11.1 Å². The first-order valence-electron chi connectivity index (χ1n) is 5.13. The van der Waals surface area contributed by atoms with Gasteiger partial charge in [-0.05, 0) is 36.4 Å². The summed E-state index contributed by atoms with van der Waals surface area (Å²) in [7, 11) is 0. The maximum absolute atomic E-state index is 12.8. The highest BCUT2D eigenvalue weighted by Gasteiger charge is 2.11. The zero-order valence-corrected chi connectivity index (χ0v) is 10.1. The van der Waals surface area contributed by atoms with Gasteiger partial charge in [-0.25, -0.2) is 9.18 Å². The van der Waals surface area contributed by atoms with Crippen molar-refractivity contribution >= 4 is 23.4 Å². The molecular formula is C13H10FNO2S. The van der Waals surface area contributed by atoms with Gasteiger partial charge >= 0.3 is 5.97 Å². The van der Waals surface area contributed by atoms with Crippen LogP contribution in [0.4, 0.5) is 10.1 Å². The molecule has 2 rings (SSSR count). The third-order valence-electron chi connectivity index (χ3n) is 2.34. The van der Waals surface area contributed by atoms with Gasteiger partial charge in [0, 0.05) is 9.79 Å². The second-order valence-electron chi connectivity index (χ2n) is 3.58. The van der Waals surface area contributed by atoms with E-state index in [1.54, 1.807) is 24.3 Å². The molecule has 0 atom stereocenters. The Morgan fingerprint density at radius 1 is 1.17 bits per heavy atom. The van der Waals surface area contributed by atoms with Gasteiger partial charge in [0.15, 0.2) is 0 Å². The molecule has 3 N–H and O–H groups in total. The molecule has 0 saturated heterocycles. The molecule has 0 amide bonds. The number of halogens is 1. The standard InChI is InChI=1S/C13H10FNO2S/c14-8-4-6-9(7-5-8)18-11-3-1-2-10(12(11)15)13(16)17/h1-7H,15H2,(H,16,17). The molecule has 18 heavy (non-hydrogen) atoms. The Morgan fingerprint density at radius 3 is 2.44 bits per heavy atom. The molecule has 3 nitrogen and oxygen atoms in total. The van der Waals surface area contributed by atoms with E-state index in [1.807, 2.05) is 0 Å². The van der Waals surface area contributed by atoms with E-state index in [-0.39, 0.29) is 17.1 Å². The predicted octanol–water partition coefficient (Wildman–Crippen LogP) is 3.26. The van der Waals surface area contributed by atoms with E-state index in [4.69, 9.17) is 10.8 Å². The van der Waals surface area contributed by atoms with Crippen molar-refractivity contribution in [1.29, 1.82) is 0 Å². The van der Waals surface area contributed by atoms with Gasteiger partial charge in [0.05, 0.1) is 11.3 Å². The summed E-state index contributed by atoms with van der Waals surface area (Å²) in [6.07, 6.45) is 0. The lowest BCUT2D eigenvalue weighted by Gasteiger charge is -2.07. The van der Waals surface area contributed by atoms with Crippen LogP contribution in [0, 0.1) is 5.82 Å². The molecule has 0 bridgehead atoms. The van der Waals surface area contributed by atoms with E-state index >= 15 is 0 Å². The van der Waals surface area contributed by atoms with E-state index in [2.05, 4.69) is 0 Å². The Hall–Kier alpha value is -2.01. The van der Waals surface area contributed by atoms with Crippen LogP contribution in [0.15, 0.2) is 52.3 Å². The van der Waals surface area contributed by atoms with Gasteiger partial charge in [-0.2, -0.15) is 0 Å². The normalized spacial score (nSPS) is 10.3. The Bertz CT molecular complexity index is 584. The molecule has 0 aliphatic carbocycles. The maximum atomic E-state index is 12.8. The first kappa shape index (κ1) is 12.4. The molecule has 2 aromatic rings. The van der Waals surface area contributed by atoms with Gasteiger partial charge in [-0.15, -0.1) is 0 Å². The minimum absolute atomic E-state index is 0.0714. The zero-order chi connectivity index (χ0) is 13.1. The first-order valence-corrected chi connectivity index (χ1v) is 5.95. The molecule has 0 heterocycles. The summed E-state index contributed by atoms with van der Waals surface area (Å²) in [6.45, 7) is 0. The number of hydrogen-bond acceptors (Lipinski definition) is 3. The average Bonchev–Trinajstić information content (AvgIpc) is 2.34. The molecular weight excluding hydrogens is 253 g/mol. The third-order valence-corrected chi connectivity index (χ3v) is 3.42. The Labute approximate surface area is 107 Å². The second kappa shape index (κ2) is 5.10. The molecule has 2 aromatic carbocycles. The minimum Gasteiger partial charge on any atom is -0.478 e. The number of carboxylic acids is 1. The fraction of sp³-hybridized carbons (Fsp3) is 0. The highest BCUT2D eigenvalue weighted by molar-refractivity contribution is 7.99. The minimum atomic E-state index is -1.06. The van der Waals surface area contributed by atoms with Crippen molar-refractivity contribution in [1.82, 2.24) is 0 Å². The van der Waals surface area contributed by atoms with Gasteiger partial charge in [0.1, 0.15) is 5.82 Å². The largest absolute Gasteiger partial charge is 0.478 e. The van der Waals surface area contributed by atoms with Crippen molar-refractivity contribution in [2.45, 2.75) is 9.79 Å². The number of carboxylic acid groups (broad SMARTS) is 1. The van der Waals surface area contributed by atoms with E-state index < -0.39 is 5.97 Å². The van der Waals surface area contributed by atoms with Gasteiger partial charge in [-0.1, -0.05) is 17.8 Å². The topological polar surface area (TPSA) is 63.3 Å². The van der Waals surface area contributed by atoms with Gasteiger partial charge < -0.3 is 10.8 Å². The summed E-state index contributed by atoms with van der Waals surface area (Å²) in [5, 5.41) is 8.95. The number of anilines is 1. The second-order valence-corrected chi connectivity index (χ2v) is 4.69. The van der Waals surface area contributed by atoms with Crippen LogP contribution in [0.5, 0.6) is 0 Å². The van der Waals surface area contributed by atoms with Crippen molar-refractivity contribution in [2.75, 3.05) is 5.73 Å². The number of carbonyl (C=O) groups is 1. The van der Waals surface area contributed by atoms with Crippen molar-refractivity contribution in [3.8, 4) is 0 Å². The van der Waals surface area contributed by atoms with Crippen LogP contribution in [-0.2, 0) is 0 Å². The smallest absolute Gasteiger partial charge is 0.337 e. The predicted molar refractivity (Wildman–Crippen MR) is 68.3 cm³/mol. The Morgan fingerprint density at radius 2 is 1.83 bits per heavy atom. The number of rotatable bonds is 3. The van der Waals surface area contributed by atoms with Crippen molar-refractivity contribution in [3.05, 3.63) is 53.8 Å². The van der Waals surface area contributed by atoms with Crippen LogP contribution in [0.1, 0.15) is 10.4 Å². The molecule has 0 fully saturated rings.